The van der Waals surface area contributed by atoms with Crippen molar-refractivity contribution in [3.8, 4) is 11.5 Å². The van der Waals surface area contributed by atoms with Crippen LogP contribution in [0.2, 0.25) is 0 Å². The Bertz CT molecular complexity index is 1060. The van der Waals surface area contributed by atoms with E-state index in [1.54, 1.807) is 12.4 Å². The van der Waals surface area contributed by atoms with Crippen LogP contribution < -0.4 is 9.47 Å². The Morgan fingerprint density at radius 3 is 2.58 bits per heavy atom. The average molecular weight is 520 g/mol. The lowest BCUT2D eigenvalue weighted by molar-refractivity contribution is -0.132. The number of amides is 2. The van der Waals surface area contributed by atoms with E-state index in [1.807, 2.05) is 46.2 Å². The van der Waals surface area contributed by atoms with Crippen molar-refractivity contribution in [2.45, 2.75) is 64.2 Å². The van der Waals surface area contributed by atoms with Gasteiger partial charge in [0.2, 0.25) is 5.91 Å². The van der Waals surface area contributed by atoms with Crippen molar-refractivity contribution in [3.05, 3.63) is 54.4 Å². The van der Waals surface area contributed by atoms with E-state index in [2.05, 4.69) is 4.98 Å². The zero-order chi connectivity index (χ0) is 26.2. The number of aromatic nitrogens is 1. The SMILES string of the molecule is O=C(CC1CCCC1)N1CCCCC2(COc3cccnc3)CCN(CC2)C(=O)c2ccccc2OCC1. The lowest BCUT2D eigenvalue weighted by Crippen LogP contribution is -2.45. The predicted molar refractivity (Wildman–Crippen MR) is 146 cm³/mol. The van der Waals surface area contributed by atoms with Crippen LogP contribution in [0.15, 0.2) is 48.8 Å². The molecule has 4 heterocycles. The Balaban J connectivity index is 1.32. The maximum atomic E-state index is 13.5. The van der Waals surface area contributed by atoms with Crippen LogP contribution in [0.5, 0.6) is 11.5 Å². The summed E-state index contributed by atoms with van der Waals surface area (Å²) in [5, 5.41) is 0. The molecule has 0 atom stereocenters. The number of hydrogen-bond donors (Lipinski definition) is 0. The molecule has 0 radical (unpaired) electrons. The number of fused-ring (bicyclic) bond motifs is 9. The highest BCUT2D eigenvalue weighted by Gasteiger charge is 2.37. The lowest BCUT2D eigenvalue weighted by Gasteiger charge is -2.42. The molecule has 7 nitrogen and oxygen atoms in total. The van der Waals surface area contributed by atoms with Crippen LogP contribution in [0.1, 0.15) is 74.6 Å². The Morgan fingerprint density at radius 2 is 1.79 bits per heavy atom. The maximum Gasteiger partial charge on any atom is 0.257 e. The second kappa shape index (κ2) is 12.6. The summed E-state index contributed by atoms with van der Waals surface area (Å²) in [5.41, 5.74) is 0.604. The summed E-state index contributed by atoms with van der Waals surface area (Å²) in [6.07, 6.45) is 13.8. The van der Waals surface area contributed by atoms with Gasteiger partial charge in [-0.2, -0.15) is 0 Å². The summed E-state index contributed by atoms with van der Waals surface area (Å²) in [5.74, 6) is 2.18. The third kappa shape index (κ3) is 6.66. The van der Waals surface area contributed by atoms with Gasteiger partial charge in [-0.05, 0) is 68.7 Å². The quantitative estimate of drug-likeness (QED) is 0.532. The zero-order valence-electron chi connectivity index (χ0n) is 22.5. The summed E-state index contributed by atoms with van der Waals surface area (Å²) in [7, 11) is 0. The molecule has 1 saturated heterocycles. The van der Waals surface area contributed by atoms with Gasteiger partial charge in [-0.25, -0.2) is 0 Å². The summed E-state index contributed by atoms with van der Waals surface area (Å²) in [6.45, 7) is 3.72. The summed E-state index contributed by atoms with van der Waals surface area (Å²) in [4.78, 5) is 34.9. The molecule has 38 heavy (non-hydrogen) atoms. The van der Waals surface area contributed by atoms with E-state index in [0.29, 0.717) is 56.5 Å². The van der Waals surface area contributed by atoms with Crippen molar-refractivity contribution in [1.82, 2.24) is 14.8 Å². The Labute approximate surface area is 226 Å². The maximum absolute atomic E-state index is 13.5. The molecule has 2 amide bonds. The van der Waals surface area contributed by atoms with E-state index in [4.69, 9.17) is 9.47 Å². The molecule has 1 aromatic heterocycles. The van der Waals surface area contributed by atoms with Crippen molar-refractivity contribution in [2.75, 3.05) is 39.4 Å². The Hall–Kier alpha value is -3.09. The van der Waals surface area contributed by atoms with E-state index < -0.39 is 0 Å². The molecule has 0 N–H and O–H groups in total. The predicted octanol–water partition coefficient (Wildman–Crippen LogP) is 5.35. The number of carbonyl (C=O) groups excluding carboxylic acids is 2. The van der Waals surface area contributed by atoms with Gasteiger partial charge in [-0.15, -0.1) is 0 Å². The van der Waals surface area contributed by atoms with Crippen LogP contribution in [0.3, 0.4) is 0 Å². The first kappa shape index (κ1) is 26.5. The van der Waals surface area contributed by atoms with Crippen molar-refractivity contribution in [2.24, 2.45) is 11.3 Å². The van der Waals surface area contributed by atoms with Crippen molar-refractivity contribution < 1.29 is 19.1 Å². The number of benzene rings is 1. The molecule has 3 aliphatic heterocycles. The third-order valence-corrected chi connectivity index (χ3v) is 8.70. The Kier molecular flexibility index (Phi) is 8.82. The highest BCUT2D eigenvalue weighted by atomic mass is 16.5. The number of pyridine rings is 1. The molecule has 2 aromatic rings. The van der Waals surface area contributed by atoms with Gasteiger partial charge in [0.25, 0.3) is 5.91 Å². The number of carbonyl (C=O) groups is 2. The molecule has 0 spiro atoms. The van der Waals surface area contributed by atoms with E-state index in [-0.39, 0.29) is 17.2 Å². The van der Waals surface area contributed by atoms with Gasteiger partial charge < -0.3 is 19.3 Å². The first-order valence-corrected chi connectivity index (χ1v) is 14.4. The van der Waals surface area contributed by atoms with Crippen LogP contribution in [-0.2, 0) is 4.79 Å². The van der Waals surface area contributed by atoms with Gasteiger partial charge in [-0.1, -0.05) is 31.4 Å². The topological polar surface area (TPSA) is 72.0 Å². The molecule has 2 fully saturated rings. The highest BCUT2D eigenvalue weighted by Crippen LogP contribution is 2.38. The number of rotatable bonds is 5. The minimum Gasteiger partial charge on any atom is -0.491 e. The monoisotopic (exact) mass is 519 g/mol. The van der Waals surface area contributed by atoms with Gasteiger partial charge in [0.05, 0.1) is 24.9 Å². The minimum atomic E-state index is 0.00149. The van der Waals surface area contributed by atoms with E-state index >= 15 is 0 Å². The second-order valence-corrected chi connectivity index (χ2v) is 11.3. The molecular formula is C31H41N3O4. The molecule has 7 heteroatoms. The van der Waals surface area contributed by atoms with Crippen LogP contribution in [0.4, 0.5) is 0 Å². The van der Waals surface area contributed by atoms with E-state index in [9.17, 15) is 9.59 Å². The Morgan fingerprint density at radius 1 is 0.974 bits per heavy atom. The second-order valence-electron chi connectivity index (χ2n) is 11.3. The van der Waals surface area contributed by atoms with Crippen LogP contribution in [0, 0.1) is 11.3 Å². The zero-order valence-corrected chi connectivity index (χ0v) is 22.5. The number of nitrogens with zero attached hydrogens (tertiary/aromatic N) is 3. The van der Waals surface area contributed by atoms with Crippen molar-refractivity contribution in [3.63, 3.8) is 0 Å². The molecule has 0 unspecified atom stereocenters. The fourth-order valence-corrected chi connectivity index (χ4v) is 6.28. The van der Waals surface area contributed by atoms with Crippen LogP contribution in [-0.4, -0.2) is 66.0 Å². The first-order valence-electron chi connectivity index (χ1n) is 14.4. The number of hydrogen-bond acceptors (Lipinski definition) is 5. The van der Waals surface area contributed by atoms with Gasteiger partial charge >= 0.3 is 0 Å². The molecule has 204 valence electrons. The van der Waals surface area contributed by atoms with E-state index in [0.717, 1.165) is 44.4 Å². The molecule has 6 rings (SSSR count). The summed E-state index contributed by atoms with van der Waals surface area (Å²) < 4.78 is 12.3. The molecule has 1 aromatic carbocycles. The highest BCUT2D eigenvalue weighted by molar-refractivity contribution is 5.97. The fraction of sp³-hybridized carbons (Fsp3) is 0.581. The lowest BCUT2D eigenvalue weighted by atomic mass is 9.75. The largest absolute Gasteiger partial charge is 0.491 e. The normalized spacial score (nSPS) is 20.8. The number of piperidine rings is 1. The molecule has 4 aliphatic rings. The summed E-state index contributed by atoms with van der Waals surface area (Å²) in [6, 6.07) is 11.3. The standard InChI is InChI=1S/C31H41N3O4/c35-29(22-25-8-1-2-9-25)33-17-6-5-13-31(24-38-26-10-7-16-32-23-26)14-18-34(19-15-31)30(36)27-11-3-4-12-28(27)37-21-20-33/h3-4,7,10-12,16,23,25H,1-2,5-6,8-9,13-15,17-22,24H2. The number of ether oxygens (including phenoxy) is 2. The van der Waals surface area contributed by atoms with Gasteiger partial charge in [0.15, 0.2) is 0 Å². The van der Waals surface area contributed by atoms with Crippen molar-refractivity contribution in [1.29, 1.82) is 0 Å². The number of para-hydroxylation sites is 1. The minimum absolute atomic E-state index is 0.00149. The van der Waals surface area contributed by atoms with Gasteiger partial charge in [-0.3, -0.25) is 14.6 Å². The van der Waals surface area contributed by atoms with E-state index in [1.165, 1.54) is 25.7 Å². The van der Waals surface area contributed by atoms with Gasteiger partial charge in [0, 0.05) is 37.7 Å². The smallest absolute Gasteiger partial charge is 0.257 e. The molecule has 1 saturated carbocycles. The molecule has 2 bridgehead atoms. The van der Waals surface area contributed by atoms with Crippen LogP contribution in [0.25, 0.3) is 0 Å². The molecule has 1 aliphatic carbocycles. The molecular weight excluding hydrogens is 478 g/mol. The van der Waals surface area contributed by atoms with Crippen molar-refractivity contribution >= 4 is 11.8 Å². The van der Waals surface area contributed by atoms with Gasteiger partial charge in [0.1, 0.15) is 18.1 Å². The first-order chi connectivity index (χ1) is 18.6. The average Bonchev–Trinajstić information content (AvgIpc) is 3.46. The summed E-state index contributed by atoms with van der Waals surface area (Å²) >= 11 is 0. The van der Waals surface area contributed by atoms with Crippen LogP contribution >= 0.6 is 0 Å². The fourth-order valence-electron chi connectivity index (χ4n) is 6.28. The third-order valence-electron chi connectivity index (χ3n) is 8.70.